The van der Waals surface area contributed by atoms with Gasteiger partial charge in [-0.15, -0.1) is 0 Å². The summed E-state index contributed by atoms with van der Waals surface area (Å²) in [5.74, 6) is 0. The van der Waals surface area contributed by atoms with Crippen molar-refractivity contribution in [1.29, 1.82) is 0 Å². The van der Waals surface area contributed by atoms with E-state index in [4.69, 9.17) is 0 Å². The molecule has 19 heavy (non-hydrogen) atoms. The molecule has 0 aromatic heterocycles. The molecular weight excluding hydrogens is 228 g/mol. The molecule has 0 heterocycles. The third kappa shape index (κ3) is 7.40. The highest BCUT2D eigenvalue weighted by atomic mass is 14.1. The van der Waals surface area contributed by atoms with Gasteiger partial charge in [-0.25, -0.2) is 0 Å². The van der Waals surface area contributed by atoms with Crippen LogP contribution < -0.4 is 0 Å². The van der Waals surface area contributed by atoms with E-state index < -0.39 is 0 Å². The molecule has 0 bridgehead atoms. The van der Waals surface area contributed by atoms with Crippen LogP contribution in [0.4, 0.5) is 0 Å². The van der Waals surface area contributed by atoms with Gasteiger partial charge in [-0.1, -0.05) is 77.0 Å². The lowest BCUT2D eigenvalue weighted by atomic mass is 9.97. The Morgan fingerprint density at radius 1 is 0.789 bits per heavy atom. The number of rotatable bonds is 11. The molecule has 0 atom stereocenters. The maximum absolute atomic E-state index is 3.46. The van der Waals surface area contributed by atoms with Crippen LogP contribution in [-0.4, -0.2) is 0 Å². The van der Waals surface area contributed by atoms with E-state index in [2.05, 4.69) is 38.1 Å². The third-order valence-electron chi connectivity index (χ3n) is 3.87. The first kappa shape index (κ1) is 16.3. The van der Waals surface area contributed by atoms with Gasteiger partial charge in [0, 0.05) is 0 Å². The van der Waals surface area contributed by atoms with Gasteiger partial charge in [-0.2, -0.15) is 0 Å². The van der Waals surface area contributed by atoms with E-state index in [1.807, 2.05) is 0 Å². The molecule has 0 N–H and O–H groups in total. The van der Waals surface area contributed by atoms with Crippen molar-refractivity contribution in [1.82, 2.24) is 0 Å². The molecule has 0 fully saturated rings. The number of benzene rings is 1. The van der Waals surface area contributed by atoms with Crippen molar-refractivity contribution >= 4 is 0 Å². The Morgan fingerprint density at radius 2 is 1.47 bits per heavy atom. The first-order valence-electron chi connectivity index (χ1n) is 8.37. The average Bonchev–Trinajstić information content (AvgIpc) is 2.45. The van der Waals surface area contributed by atoms with Crippen LogP contribution in [0.15, 0.2) is 18.2 Å². The maximum Gasteiger partial charge on any atom is -0.0146 e. The van der Waals surface area contributed by atoms with E-state index >= 15 is 0 Å². The monoisotopic (exact) mass is 259 g/mol. The first-order valence-corrected chi connectivity index (χ1v) is 8.37. The Kier molecular flexibility index (Phi) is 9.49. The highest BCUT2D eigenvalue weighted by molar-refractivity contribution is 5.26. The lowest BCUT2D eigenvalue weighted by Crippen LogP contribution is -1.95. The van der Waals surface area contributed by atoms with Crippen LogP contribution in [0, 0.1) is 6.07 Å². The molecule has 1 radical (unpaired) electrons. The fourth-order valence-corrected chi connectivity index (χ4v) is 2.60. The smallest absolute Gasteiger partial charge is 0.0146 e. The summed E-state index contributed by atoms with van der Waals surface area (Å²) in [4.78, 5) is 0. The Bertz CT molecular complexity index is 314. The molecule has 0 aliphatic rings. The van der Waals surface area contributed by atoms with Gasteiger partial charge in [0.15, 0.2) is 0 Å². The topological polar surface area (TPSA) is 0 Å². The second kappa shape index (κ2) is 11.1. The van der Waals surface area contributed by atoms with Crippen LogP contribution in [-0.2, 0) is 12.8 Å². The second-order valence-electron chi connectivity index (χ2n) is 5.65. The summed E-state index contributed by atoms with van der Waals surface area (Å²) in [6.07, 6.45) is 14.8. The van der Waals surface area contributed by atoms with Gasteiger partial charge < -0.3 is 0 Å². The molecule has 1 aromatic carbocycles. The zero-order valence-corrected chi connectivity index (χ0v) is 13.0. The summed E-state index contributed by atoms with van der Waals surface area (Å²) in [6, 6.07) is 9.97. The van der Waals surface area contributed by atoms with Gasteiger partial charge >= 0.3 is 0 Å². The summed E-state index contributed by atoms with van der Waals surface area (Å²) >= 11 is 0. The summed E-state index contributed by atoms with van der Waals surface area (Å²) in [6.45, 7) is 4.55. The van der Waals surface area contributed by atoms with Crippen molar-refractivity contribution in [2.24, 2.45) is 0 Å². The normalized spacial score (nSPS) is 10.8. The van der Waals surface area contributed by atoms with E-state index in [-0.39, 0.29) is 0 Å². The summed E-state index contributed by atoms with van der Waals surface area (Å²) < 4.78 is 0. The minimum atomic E-state index is 1.23. The molecular formula is C19H31. The fourth-order valence-electron chi connectivity index (χ4n) is 2.60. The highest BCUT2D eigenvalue weighted by Crippen LogP contribution is 2.15. The predicted octanol–water partition coefficient (Wildman–Crippen LogP) is 6.12. The Labute approximate surface area is 120 Å². The molecule has 0 spiro atoms. The van der Waals surface area contributed by atoms with Gasteiger partial charge in [0.05, 0.1) is 0 Å². The van der Waals surface area contributed by atoms with Crippen molar-refractivity contribution < 1.29 is 0 Å². The van der Waals surface area contributed by atoms with Crippen molar-refractivity contribution in [3.63, 3.8) is 0 Å². The third-order valence-corrected chi connectivity index (χ3v) is 3.87. The standard InChI is InChI=1S/C19H31/c1-3-5-7-8-9-10-11-15-19-17-13-12-16-18(19)14-6-4-2/h12-13,16H,3-11,14-15H2,1-2H3. The van der Waals surface area contributed by atoms with Crippen LogP contribution in [0.5, 0.6) is 0 Å². The molecule has 0 unspecified atom stereocenters. The van der Waals surface area contributed by atoms with Crippen LogP contribution in [0.25, 0.3) is 0 Å². The van der Waals surface area contributed by atoms with Gasteiger partial charge in [0.1, 0.15) is 0 Å². The van der Waals surface area contributed by atoms with E-state index in [1.165, 1.54) is 81.8 Å². The molecule has 0 saturated carbocycles. The van der Waals surface area contributed by atoms with Gasteiger partial charge in [-0.05, 0) is 42.9 Å². The number of unbranched alkanes of at least 4 members (excludes halogenated alkanes) is 7. The molecule has 0 nitrogen and oxygen atoms in total. The van der Waals surface area contributed by atoms with Crippen LogP contribution in [0.1, 0.15) is 82.8 Å². The molecule has 1 aromatic rings. The zero-order chi connectivity index (χ0) is 13.8. The molecule has 0 saturated heterocycles. The predicted molar refractivity (Wildman–Crippen MR) is 85.6 cm³/mol. The fraction of sp³-hybridized carbons (Fsp3) is 0.684. The summed E-state index contributed by atoms with van der Waals surface area (Å²) in [5.41, 5.74) is 3.01. The number of aryl methyl sites for hydroxylation is 2. The summed E-state index contributed by atoms with van der Waals surface area (Å²) in [7, 11) is 0. The molecule has 0 amide bonds. The van der Waals surface area contributed by atoms with Crippen LogP contribution in [0.3, 0.4) is 0 Å². The van der Waals surface area contributed by atoms with Crippen molar-refractivity contribution in [2.75, 3.05) is 0 Å². The van der Waals surface area contributed by atoms with Crippen LogP contribution in [0.2, 0.25) is 0 Å². The summed E-state index contributed by atoms with van der Waals surface area (Å²) in [5, 5.41) is 0. The van der Waals surface area contributed by atoms with Crippen molar-refractivity contribution in [3.8, 4) is 0 Å². The highest BCUT2D eigenvalue weighted by Gasteiger charge is 2.01. The Morgan fingerprint density at radius 3 is 2.21 bits per heavy atom. The van der Waals surface area contributed by atoms with Gasteiger partial charge in [0.2, 0.25) is 0 Å². The van der Waals surface area contributed by atoms with E-state index in [1.54, 1.807) is 0 Å². The number of hydrogen-bond donors (Lipinski definition) is 0. The van der Waals surface area contributed by atoms with E-state index in [9.17, 15) is 0 Å². The second-order valence-corrected chi connectivity index (χ2v) is 5.65. The minimum absolute atomic E-state index is 1.23. The van der Waals surface area contributed by atoms with Crippen LogP contribution >= 0.6 is 0 Å². The zero-order valence-electron chi connectivity index (χ0n) is 13.0. The largest absolute Gasteiger partial charge is 0.0654 e. The van der Waals surface area contributed by atoms with Crippen molar-refractivity contribution in [2.45, 2.75) is 84.5 Å². The molecule has 0 aliphatic heterocycles. The average molecular weight is 259 g/mol. The lowest BCUT2D eigenvalue weighted by Gasteiger charge is -2.08. The quantitative estimate of drug-likeness (QED) is 0.420. The first-order chi connectivity index (χ1) is 9.38. The van der Waals surface area contributed by atoms with E-state index in [0.717, 1.165) is 0 Å². The molecule has 1 rings (SSSR count). The van der Waals surface area contributed by atoms with Gasteiger partial charge in [-0.3, -0.25) is 0 Å². The number of hydrogen-bond acceptors (Lipinski definition) is 0. The maximum atomic E-state index is 3.46. The van der Waals surface area contributed by atoms with Gasteiger partial charge in [0.25, 0.3) is 0 Å². The molecule has 0 aliphatic carbocycles. The lowest BCUT2D eigenvalue weighted by molar-refractivity contribution is 0.588. The van der Waals surface area contributed by atoms with Crippen molar-refractivity contribution in [3.05, 3.63) is 35.4 Å². The Hall–Kier alpha value is -0.780. The molecule has 0 heteroatoms. The molecule has 107 valence electrons. The van der Waals surface area contributed by atoms with E-state index in [0.29, 0.717) is 0 Å². The minimum Gasteiger partial charge on any atom is -0.0654 e. The Balaban J connectivity index is 2.21. The SMILES string of the molecule is CCCCCCCCCc1[c]cccc1CCCC.